The molecule has 0 N–H and O–H groups in total. The van der Waals surface area contributed by atoms with Gasteiger partial charge in [-0.1, -0.05) is 121 Å². The van der Waals surface area contributed by atoms with E-state index in [-0.39, 0.29) is 0 Å². The second-order valence-electron chi connectivity index (χ2n) is 14.7. The second-order valence-corrected chi connectivity index (χ2v) is 14.7. The van der Waals surface area contributed by atoms with Gasteiger partial charge in [-0.25, -0.2) is 19.9 Å². The topological polar surface area (TPSA) is 58.0 Å². The molecule has 11 aromatic rings. The van der Waals surface area contributed by atoms with Gasteiger partial charge in [0.1, 0.15) is 23.3 Å². The summed E-state index contributed by atoms with van der Waals surface area (Å²) in [6.07, 6.45) is 7.32. The Kier molecular flexibility index (Phi) is 8.71. The van der Waals surface area contributed by atoms with Crippen molar-refractivity contribution in [2.45, 2.75) is 0 Å². The quantitative estimate of drug-likeness (QED) is 0.144. The molecule has 4 aromatic heterocycles. The number of fused-ring (bicyclic) bond motifs is 4. The summed E-state index contributed by atoms with van der Waals surface area (Å²) in [6.45, 7) is 0. The number of rotatable bonds is 8. The van der Waals surface area contributed by atoms with Gasteiger partial charge in [0.2, 0.25) is 0 Å². The molecule has 0 saturated carbocycles. The van der Waals surface area contributed by atoms with Crippen molar-refractivity contribution >= 4 is 77.7 Å². The van der Waals surface area contributed by atoms with E-state index >= 15 is 0 Å². The Balaban J connectivity index is 1.30. The van der Waals surface area contributed by atoms with Gasteiger partial charge < -0.3 is 0 Å². The van der Waals surface area contributed by atoms with Crippen LogP contribution in [0.4, 0.5) is 34.6 Å². The maximum Gasteiger partial charge on any atom is 0.138 e. The zero-order valence-electron chi connectivity index (χ0n) is 32.5. The standard InChI is InChI=1S/C54H36N6/c1-3-19-41-37(15-1)17-13-21-43(41)53-45-29-27-40(60(51-25-7-11-33-57-51)52-26-8-12-34-58-52)36-48(45)54(44-22-14-18-38-16-2-4-20-42(38)44)46-30-28-39(35-47(46)53)59(49-23-5-9-31-55-49)50-24-6-10-32-56-50/h1-36H. The van der Waals surface area contributed by atoms with Crippen LogP contribution in [0.3, 0.4) is 0 Å². The van der Waals surface area contributed by atoms with Crippen molar-refractivity contribution in [2.75, 3.05) is 9.80 Å². The Morgan fingerprint density at radius 2 is 0.617 bits per heavy atom. The van der Waals surface area contributed by atoms with E-state index in [0.29, 0.717) is 0 Å². The van der Waals surface area contributed by atoms with E-state index in [1.165, 1.54) is 21.5 Å². The molecule has 0 aliphatic carbocycles. The predicted octanol–water partition coefficient (Wildman–Crippen LogP) is 14.2. The van der Waals surface area contributed by atoms with Gasteiger partial charge in [-0.3, -0.25) is 9.80 Å². The van der Waals surface area contributed by atoms with Crippen molar-refractivity contribution in [3.8, 4) is 22.3 Å². The molecule has 0 spiro atoms. The molecule has 0 atom stereocenters. The SMILES string of the molecule is c1ccc(N(c2ccc3c(-c4cccc5ccccc45)c4cc(N(c5ccccn5)c5ccccn5)ccc4c(-c4cccc5ccccc45)c3c2)c2ccccn2)nc1. The zero-order valence-corrected chi connectivity index (χ0v) is 32.5. The molecule has 0 bridgehead atoms. The summed E-state index contributed by atoms with van der Waals surface area (Å²) < 4.78 is 0. The molecule has 7 aromatic carbocycles. The van der Waals surface area contributed by atoms with Gasteiger partial charge in [-0.2, -0.15) is 0 Å². The van der Waals surface area contributed by atoms with Crippen molar-refractivity contribution in [1.82, 2.24) is 19.9 Å². The lowest BCUT2D eigenvalue weighted by molar-refractivity contribution is 1.13. The van der Waals surface area contributed by atoms with E-state index in [0.717, 1.165) is 78.4 Å². The van der Waals surface area contributed by atoms with Gasteiger partial charge in [0.05, 0.1) is 0 Å². The van der Waals surface area contributed by atoms with E-state index in [4.69, 9.17) is 19.9 Å². The maximum atomic E-state index is 4.83. The van der Waals surface area contributed by atoms with Crippen LogP contribution in [0.1, 0.15) is 0 Å². The summed E-state index contributed by atoms with van der Waals surface area (Å²) in [5.74, 6) is 3.13. The van der Waals surface area contributed by atoms with Crippen LogP contribution in [0.2, 0.25) is 0 Å². The van der Waals surface area contributed by atoms with E-state index in [9.17, 15) is 0 Å². The molecule has 0 fully saturated rings. The molecule has 0 unspecified atom stereocenters. The minimum Gasteiger partial charge on any atom is -0.279 e. The van der Waals surface area contributed by atoms with Crippen LogP contribution in [0.5, 0.6) is 0 Å². The van der Waals surface area contributed by atoms with Crippen molar-refractivity contribution in [3.05, 3.63) is 219 Å². The summed E-state index contributed by atoms with van der Waals surface area (Å²) in [7, 11) is 0. The third kappa shape index (κ3) is 6.06. The first-order valence-electron chi connectivity index (χ1n) is 20.0. The molecule has 6 nitrogen and oxygen atoms in total. The predicted molar refractivity (Wildman–Crippen MR) is 248 cm³/mol. The van der Waals surface area contributed by atoms with Crippen LogP contribution in [0, 0.1) is 0 Å². The Labute approximate surface area is 347 Å². The minimum atomic E-state index is 0.783. The lowest BCUT2D eigenvalue weighted by Gasteiger charge is -2.26. The third-order valence-corrected chi connectivity index (χ3v) is 11.2. The Morgan fingerprint density at radius 1 is 0.267 bits per heavy atom. The largest absolute Gasteiger partial charge is 0.279 e. The summed E-state index contributed by atoms with van der Waals surface area (Å²) in [5, 5.41) is 9.24. The maximum absolute atomic E-state index is 4.83. The van der Waals surface area contributed by atoms with Gasteiger partial charge in [0.15, 0.2) is 0 Å². The van der Waals surface area contributed by atoms with Gasteiger partial charge in [-0.05, 0) is 138 Å². The first-order chi connectivity index (χ1) is 29.8. The van der Waals surface area contributed by atoms with E-state index in [1.54, 1.807) is 0 Å². The third-order valence-electron chi connectivity index (χ3n) is 11.2. The smallest absolute Gasteiger partial charge is 0.138 e. The molecule has 0 amide bonds. The molecule has 6 heteroatoms. The van der Waals surface area contributed by atoms with Crippen LogP contribution >= 0.6 is 0 Å². The molecule has 60 heavy (non-hydrogen) atoms. The monoisotopic (exact) mass is 768 g/mol. The van der Waals surface area contributed by atoms with Crippen LogP contribution in [0.25, 0.3) is 65.3 Å². The fourth-order valence-electron chi connectivity index (χ4n) is 8.66. The highest BCUT2D eigenvalue weighted by molar-refractivity contribution is 6.26. The first-order valence-corrected chi connectivity index (χ1v) is 20.0. The highest BCUT2D eigenvalue weighted by Crippen LogP contribution is 2.49. The van der Waals surface area contributed by atoms with Crippen molar-refractivity contribution in [3.63, 3.8) is 0 Å². The van der Waals surface area contributed by atoms with Crippen LogP contribution in [-0.4, -0.2) is 19.9 Å². The Hall–Kier alpha value is -8.22. The molecular formula is C54H36N6. The first kappa shape index (κ1) is 35.0. The molecule has 0 aliphatic heterocycles. The van der Waals surface area contributed by atoms with Crippen LogP contribution in [0.15, 0.2) is 219 Å². The van der Waals surface area contributed by atoms with E-state index in [1.807, 2.05) is 97.6 Å². The van der Waals surface area contributed by atoms with Gasteiger partial charge in [0.25, 0.3) is 0 Å². The Morgan fingerprint density at radius 3 is 0.983 bits per heavy atom. The minimum absolute atomic E-state index is 0.783. The second kappa shape index (κ2) is 14.9. The van der Waals surface area contributed by atoms with Gasteiger partial charge >= 0.3 is 0 Å². The number of benzene rings is 7. The summed E-state index contributed by atoms with van der Waals surface area (Å²) >= 11 is 0. The number of hydrogen-bond acceptors (Lipinski definition) is 6. The number of nitrogens with zero attached hydrogens (tertiary/aromatic N) is 6. The number of pyridine rings is 4. The summed E-state index contributed by atoms with van der Waals surface area (Å²) in [4.78, 5) is 23.6. The average Bonchev–Trinajstić information content (AvgIpc) is 3.32. The van der Waals surface area contributed by atoms with Crippen molar-refractivity contribution in [1.29, 1.82) is 0 Å². The van der Waals surface area contributed by atoms with Crippen molar-refractivity contribution < 1.29 is 0 Å². The van der Waals surface area contributed by atoms with Crippen LogP contribution in [-0.2, 0) is 0 Å². The average molecular weight is 769 g/mol. The van der Waals surface area contributed by atoms with E-state index < -0.39 is 0 Å². The highest BCUT2D eigenvalue weighted by Gasteiger charge is 2.24. The van der Waals surface area contributed by atoms with E-state index in [2.05, 4.69) is 131 Å². The van der Waals surface area contributed by atoms with Crippen molar-refractivity contribution in [2.24, 2.45) is 0 Å². The number of hydrogen-bond donors (Lipinski definition) is 0. The molecular weight excluding hydrogens is 733 g/mol. The number of anilines is 6. The fraction of sp³-hybridized carbons (Fsp3) is 0. The number of aromatic nitrogens is 4. The van der Waals surface area contributed by atoms with Gasteiger partial charge in [-0.15, -0.1) is 0 Å². The fourth-order valence-corrected chi connectivity index (χ4v) is 8.66. The zero-order chi connectivity index (χ0) is 39.8. The normalized spacial score (nSPS) is 11.3. The molecule has 0 radical (unpaired) electrons. The molecule has 0 saturated heterocycles. The molecule has 282 valence electrons. The highest BCUT2D eigenvalue weighted by atomic mass is 15.2. The van der Waals surface area contributed by atoms with Crippen LogP contribution < -0.4 is 9.80 Å². The lowest BCUT2D eigenvalue weighted by atomic mass is 9.83. The molecule has 4 heterocycles. The summed E-state index contributed by atoms with van der Waals surface area (Å²) in [5.41, 5.74) is 6.53. The summed E-state index contributed by atoms with van der Waals surface area (Å²) in [6, 6.07) is 68.2. The molecule has 0 aliphatic rings. The molecule has 11 rings (SSSR count). The Bertz CT molecular complexity index is 3010. The lowest BCUT2D eigenvalue weighted by Crippen LogP contribution is -2.13. The van der Waals surface area contributed by atoms with Gasteiger partial charge in [0, 0.05) is 36.2 Å².